The molecule has 0 aliphatic rings. The molecule has 0 aliphatic heterocycles. The summed E-state index contributed by atoms with van der Waals surface area (Å²) in [7, 11) is 0. The van der Waals surface area contributed by atoms with Crippen molar-refractivity contribution in [2.45, 2.75) is 13.8 Å². The summed E-state index contributed by atoms with van der Waals surface area (Å²) in [5.74, 6) is 0. The van der Waals surface area contributed by atoms with Crippen molar-refractivity contribution in [3.63, 3.8) is 0 Å². The molecule has 0 saturated heterocycles. The van der Waals surface area contributed by atoms with Gasteiger partial charge in [0.15, 0.2) is 0 Å². The van der Waals surface area contributed by atoms with Crippen LogP contribution in [0, 0.1) is 13.8 Å². The molecule has 0 bridgehead atoms. The van der Waals surface area contributed by atoms with Crippen LogP contribution in [0.15, 0.2) is 126 Å². The Balaban J connectivity index is 1.58. The van der Waals surface area contributed by atoms with E-state index in [1.807, 2.05) is 0 Å². The number of rotatable bonds is 5. The Bertz CT molecular complexity index is 1400. The van der Waals surface area contributed by atoms with Crippen molar-refractivity contribution in [3.8, 4) is 22.3 Å². The van der Waals surface area contributed by atoms with Gasteiger partial charge >= 0.3 is 0 Å². The van der Waals surface area contributed by atoms with E-state index in [0.29, 0.717) is 0 Å². The molecule has 0 N–H and O–H groups in total. The van der Waals surface area contributed by atoms with Gasteiger partial charge in [0.1, 0.15) is 0 Å². The smallest absolute Gasteiger partial charge is 0.0464 e. The monoisotopic (exact) mass is 503 g/mol. The van der Waals surface area contributed by atoms with Crippen LogP contribution in [0.25, 0.3) is 22.3 Å². The molecular weight excluding hydrogens is 478 g/mol. The van der Waals surface area contributed by atoms with E-state index in [4.69, 9.17) is 0 Å². The van der Waals surface area contributed by atoms with Gasteiger partial charge in [-0.15, -0.1) is 0 Å². The molecule has 0 saturated carbocycles. The highest BCUT2D eigenvalue weighted by molar-refractivity contribution is 9.10. The third-order valence-corrected chi connectivity index (χ3v) is 6.75. The Hall–Kier alpha value is -3.62. The summed E-state index contributed by atoms with van der Waals surface area (Å²) in [5.41, 5.74) is 10.9. The fraction of sp³-hybridized carbons (Fsp3) is 0.0625. The maximum absolute atomic E-state index is 3.58. The second kappa shape index (κ2) is 9.70. The van der Waals surface area contributed by atoms with E-state index in [9.17, 15) is 0 Å². The van der Waals surface area contributed by atoms with Crippen LogP contribution in [0.1, 0.15) is 11.1 Å². The Labute approximate surface area is 210 Å². The fourth-order valence-electron chi connectivity index (χ4n) is 4.44. The molecule has 0 aliphatic carbocycles. The average molecular weight is 504 g/mol. The first-order chi connectivity index (χ1) is 16.6. The predicted octanol–water partition coefficient (Wildman–Crippen LogP) is 9.87. The first-order valence-electron chi connectivity index (χ1n) is 11.5. The number of aryl methyl sites for hydroxylation is 2. The second-order valence-corrected chi connectivity index (χ2v) is 9.45. The Morgan fingerprint density at radius 1 is 0.471 bits per heavy atom. The number of hydrogen-bond acceptors (Lipinski definition) is 1. The van der Waals surface area contributed by atoms with Crippen molar-refractivity contribution in [1.82, 2.24) is 0 Å². The van der Waals surface area contributed by atoms with E-state index in [1.165, 1.54) is 33.4 Å². The highest BCUT2D eigenvalue weighted by Gasteiger charge is 2.15. The lowest BCUT2D eigenvalue weighted by molar-refractivity contribution is 1.27. The molecule has 0 heterocycles. The van der Waals surface area contributed by atoms with Gasteiger partial charge in [0.2, 0.25) is 0 Å². The fourth-order valence-corrected chi connectivity index (χ4v) is 4.70. The Morgan fingerprint density at radius 3 is 1.65 bits per heavy atom. The minimum absolute atomic E-state index is 1.07. The van der Waals surface area contributed by atoms with Gasteiger partial charge in [0, 0.05) is 21.5 Å². The van der Waals surface area contributed by atoms with Gasteiger partial charge in [-0.1, -0.05) is 88.7 Å². The summed E-state index contributed by atoms with van der Waals surface area (Å²) < 4.78 is 1.07. The molecule has 0 radical (unpaired) electrons. The topological polar surface area (TPSA) is 3.24 Å². The summed E-state index contributed by atoms with van der Waals surface area (Å²) in [4.78, 5) is 2.32. The van der Waals surface area contributed by atoms with Crippen molar-refractivity contribution in [3.05, 3.63) is 137 Å². The Morgan fingerprint density at radius 2 is 1.00 bits per heavy atom. The van der Waals surface area contributed by atoms with Crippen molar-refractivity contribution in [2.75, 3.05) is 4.90 Å². The van der Waals surface area contributed by atoms with Gasteiger partial charge in [0.05, 0.1) is 0 Å². The lowest BCUT2D eigenvalue weighted by Gasteiger charge is -2.26. The van der Waals surface area contributed by atoms with Crippen molar-refractivity contribution < 1.29 is 0 Å². The normalized spacial score (nSPS) is 10.8. The first-order valence-corrected chi connectivity index (χ1v) is 12.3. The van der Waals surface area contributed by atoms with Crippen LogP contribution in [0.3, 0.4) is 0 Å². The molecule has 0 aromatic heterocycles. The summed E-state index contributed by atoms with van der Waals surface area (Å²) in [5, 5.41) is 0. The number of halogens is 1. The maximum Gasteiger partial charge on any atom is 0.0464 e. The van der Waals surface area contributed by atoms with E-state index in [2.05, 4.69) is 156 Å². The molecular formula is C32H26BrN. The summed E-state index contributed by atoms with van der Waals surface area (Å²) in [6.07, 6.45) is 0. The van der Waals surface area contributed by atoms with E-state index < -0.39 is 0 Å². The second-order valence-electron chi connectivity index (χ2n) is 8.54. The van der Waals surface area contributed by atoms with Crippen molar-refractivity contribution in [1.29, 1.82) is 0 Å². The molecule has 5 rings (SSSR count). The molecule has 0 unspecified atom stereocenters. The molecule has 0 amide bonds. The van der Waals surface area contributed by atoms with Crippen LogP contribution in [0.5, 0.6) is 0 Å². The maximum atomic E-state index is 3.58. The third-order valence-electron chi connectivity index (χ3n) is 6.22. The quantitative estimate of drug-likeness (QED) is 0.230. The summed E-state index contributed by atoms with van der Waals surface area (Å²) in [6.45, 7) is 4.37. The highest BCUT2D eigenvalue weighted by atomic mass is 79.9. The van der Waals surface area contributed by atoms with Gasteiger partial charge < -0.3 is 4.90 Å². The van der Waals surface area contributed by atoms with Crippen LogP contribution in [-0.4, -0.2) is 0 Å². The Kier molecular flexibility index (Phi) is 6.33. The number of nitrogens with zero attached hydrogens (tertiary/aromatic N) is 1. The molecule has 1 nitrogen and oxygen atoms in total. The molecule has 0 fully saturated rings. The summed E-state index contributed by atoms with van der Waals surface area (Å²) >= 11 is 3.58. The van der Waals surface area contributed by atoms with Crippen LogP contribution < -0.4 is 4.90 Å². The molecule has 166 valence electrons. The molecule has 0 atom stereocenters. The van der Waals surface area contributed by atoms with E-state index in [1.54, 1.807) is 0 Å². The largest absolute Gasteiger partial charge is 0.310 e. The first kappa shape index (κ1) is 22.2. The van der Waals surface area contributed by atoms with E-state index >= 15 is 0 Å². The SMILES string of the molecule is Cc1ccccc1-c1ccc(N(c2ccc(Br)cc2)c2ccc(-c3ccccc3)cc2)cc1C. The van der Waals surface area contributed by atoms with E-state index in [0.717, 1.165) is 21.5 Å². The summed E-state index contributed by atoms with van der Waals surface area (Å²) in [6, 6.07) is 43.1. The average Bonchev–Trinajstić information content (AvgIpc) is 2.87. The van der Waals surface area contributed by atoms with Crippen LogP contribution in [-0.2, 0) is 0 Å². The lowest BCUT2D eigenvalue weighted by Crippen LogP contribution is -2.10. The molecule has 2 heteroatoms. The molecule has 5 aromatic carbocycles. The van der Waals surface area contributed by atoms with Gasteiger partial charge in [-0.3, -0.25) is 0 Å². The standard InChI is InChI=1S/C32H26BrN/c1-23-8-6-7-11-31(23)32-21-20-30(22-24(32)2)34(29-18-14-27(33)15-19-29)28-16-12-26(13-17-28)25-9-4-3-5-10-25/h3-22H,1-2H3. The third kappa shape index (κ3) is 4.55. The zero-order valence-electron chi connectivity index (χ0n) is 19.4. The number of hydrogen-bond donors (Lipinski definition) is 0. The number of anilines is 3. The van der Waals surface area contributed by atoms with E-state index in [-0.39, 0.29) is 0 Å². The van der Waals surface area contributed by atoms with Crippen LogP contribution >= 0.6 is 15.9 Å². The number of benzene rings is 5. The van der Waals surface area contributed by atoms with Crippen molar-refractivity contribution in [2.24, 2.45) is 0 Å². The van der Waals surface area contributed by atoms with Gasteiger partial charge in [-0.05, 0) is 95.8 Å². The van der Waals surface area contributed by atoms with Gasteiger partial charge in [-0.2, -0.15) is 0 Å². The molecule has 0 spiro atoms. The van der Waals surface area contributed by atoms with Gasteiger partial charge in [0.25, 0.3) is 0 Å². The molecule has 5 aromatic rings. The lowest BCUT2D eigenvalue weighted by atomic mass is 9.96. The van der Waals surface area contributed by atoms with Gasteiger partial charge in [-0.25, -0.2) is 0 Å². The highest BCUT2D eigenvalue weighted by Crippen LogP contribution is 2.38. The minimum atomic E-state index is 1.07. The van der Waals surface area contributed by atoms with Crippen LogP contribution in [0.2, 0.25) is 0 Å². The zero-order chi connectivity index (χ0) is 23.5. The van der Waals surface area contributed by atoms with Crippen molar-refractivity contribution >= 4 is 33.0 Å². The van der Waals surface area contributed by atoms with Crippen LogP contribution in [0.4, 0.5) is 17.1 Å². The zero-order valence-corrected chi connectivity index (χ0v) is 21.0. The predicted molar refractivity (Wildman–Crippen MR) is 149 cm³/mol. The minimum Gasteiger partial charge on any atom is -0.310 e. The molecule has 34 heavy (non-hydrogen) atoms.